The van der Waals surface area contributed by atoms with Gasteiger partial charge in [-0.05, 0) is 52.1 Å². The van der Waals surface area contributed by atoms with Gasteiger partial charge in [-0.3, -0.25) is 4.99 Å². The molecular weight excluding hydrogens is 391 g/mol. The van der Waals surface area contributed by atoms with E-state index in [9.17, 15) is 0 Å². The summed E-state index contributed by atoms with van der Waals surface area (Å²) in [4.78, 5) is 7.23. The fraction of sp³-hybridized carbons (Fsp3) is 0.938. The van der Waals surface area contributed by atoms with Crippen molar-refractivity contribution >= 4 is 29.9 Å². The third-order valence-corrected chi connectivity index (χ3v) is 3.79. The fourth-order valence-electron chi connectivity index (χ4n) is 2.82. The number of rotatable bonds is 8. The zero-order chi connectivity index (χ0) is 15.5. The van der Waals surface area contributed by atoms with Crippen LogP contribution in [0.5, 0.6) is 0 Å². The molecular formula is C16H35IN4O. The molecule has 0 saturated carbocycles. The van der Waals surface area contributed by atoms with E-state index >= 15 is 0 Å². The molecule has 1 saturated heterocycles. The topological polar surface area (TPSA) is 48.9 Å². The van der Waals surface area contributed by atoms with E-state index in [0.717, 1.165) is 31.4 Å². The van der Waals surface area contributed by atoms with Gasteiger partial charge >= 0.3 is 0 Å². The first-order valence-corrected chi connectivity index (χ1v) is 8.41. The van der Waals surface area contributed by atoms with Crippen LogP contribution in [0.2, 0.25) is 0 Å². The Morgan fingerprint density at radius 1 is 1.45 bits per heavy atom. The third-order valence-electron chi connectivity index (χ3n) is 3.79. The number of guanidine groups is 1. The lowest BCUT2D eigenvalue weighted by Crippen LogP contribution is -2.44. The van der Waals surface area contributed by atoms with Gasteiger partial charge in [-0.15, -0.1) is 24.0 Å². The number of nitrogens with one attached hydrogen (secondary N) is 2. The highest BCUT2D eigenvalue weighted by Crippen LogP contribution is 2.15. The summed E-state index contributed by atoms with van der Waals surface area (Å²) in [5, 5.41) is 6.65. The number of aliphatic imine (C=N–C) groups is 1. The Kier molecular flexibility index (Phi) is 13.3. The van der Waals surface area contributed by atoms with Gasteiger partial charge in [-0.1, -0.05) is 6.92 Å². The molecule has 2 N–H and O–H groups in total. The maximum Gasteiger partial charge on any atom is 0.191 e. The molecule has 0 radical (unpaired) electrons. The quantitative estimate of drug-likeness (QED) is 0.271. The summed E-state index contributed by atoms with van der Waals surface area (Å²) in [5.41, 5.74) is 0. The first kappa shape index (κ1) is 21.9. The highest BCUT2D eigenvalue weighted by molar-refractivity contribution is 14.0. The van der Waals surface area contributed by atoms with E-state index in [4.69, 9.17) is 4.74 Å². The Labute approximate surface area is 153 Å². The number of hydrogen-bond acceptors (Lipinski definition) is 3. The van der Waals surface area contributed by atoms with Crippen molar-refractivity contribution in [2.75, 3.05) is 46.4 Å². The van der Waals surface area contributed by atoms with Crippen molar-refractivity contribution in [3.63, 3.8) is 0 Å². The molecule has 0 aliphatic carbocycles. The van der Waals surface area contributed by atoms with E-state index in [-0.39, 0.29) is 30.0 Å². The maximum absolute atomic E-state index is 5.15. The standard InChI is InChI=1S/C16H34N4O.HI/c1-5-17-16(19-15(3)13-21-4)18-9-7-11-20-10-6-8-14(2)12-20;/h14-15H,5-13H2,1-4H3,(H2,17,18,19);1H. The van der Waals surface area contributed by atoms with E-state index in [1.54, 1.807) is 7.11 Å². The van der Waals surface area contributed by atoms with Gasteiger partial charge in [-0.2, -0.15) is 0 Å². The summed E-state index contributed by atoms with van der Waals surface area (Å²) in [6.45, 7) is 12.7. The van der Waals surface area contributed by atoms with Crippen LogP contribution in [0, 0.1) is 5.92 Å². The number of hydrogen-bond donors (Lipinski definition) is 2. The van der Waals surface area contributed by atoms with Crippen LogP contribution in [0.1, 0.15) is 40.0 Å². The average Bonchev–Trinajstić information content (AvgIpc) is 2.44. The second kappa shape index (κ2) is 13.4. The lowest BCUT2D eigenvalue weighted by molar-refractivity contribution is 0.178. The van der Waals surface area contributed by atoms with Crippen LogP contribution >= 0.6 is 24.0 Å². The molecule has 1 fully saturated rings. The average molecular weight is 426 g/mol. The van der Waals surface area contributed by atoms with E-state index in [1.807, 2.05) is 0 Å². The summed E-state index contributed by atoms with van der Waals surface area (Å²) in [6.07, 6.45) is 3.87. The van der Waals surface area contributed by atoms with E-state index < -0.39 is 0 Å². The highest BCUT2D eigenvalue weighted by atomic mass is 127. The molecule has 1 heterocycles. The van der Waals surface area contributed by atoms with Crippen molar-refractivity contribution in [3.05, 3.63) is 0 Å². The third kappa shape index (κ3) is 9.84. The number of ether oxygens (including phenoxy) is 1. The van der Waals surface area contributed by atoms with Gasteiger partial charge in [0.2, 0.25) is 0 Å². The highest BCUT2D eigenvalue weighted by Gasteiger charge is 2.15. The Bertz CT molecular complexity index is 302. The summed E-state index contributed by atoms with van der Waals surface area (Å²) >= 11 is 0. The molecule has 0 aromatic heterocycles. The molecule has 2 unspecified atom stereocenters. The smallest absolute Gasteiger partial charge is 0.191 e. The Hall–Kier alpha value is -0.0800. The van der Waals surface area contributed by atoms with Crippen molar-refractivity contribution < 1.29 is 4.74 Å². The molecule has 1 aliphatic heterocycles. The summed E-state index contributed by atoms with van der Waals surface area (Å²) in [5.74, 6) is 1.75. The second-order valence-corrected chi connectivity index (χ2v) is 6.16. The molecule has 1 rings (SSSR count). The zero-order valence-corrected chi connectivity index (χ0v) is 17.1. The lowest BCUT2D eigenvalue weighted by Gasteiger charge is -2.30. The molecule has 1 aliphatic rings. The predicted molar refractivity (Wildman–Crippen MR) is 105 cm³/mol. The molecule has 0 bridgehead atoms. The van der Waals surface area contributed by atoms with Crippen molar-refractivity contribution in [2.45, 2.75) is 46.1 Å². The van der Waals surface area contributed by atoms with Gasteiger partial charge in [0.15, 0.2) is 5.96 Å². The van der Waals surface area contributed by atoms with Crippen LogP contribution in [0.3, 0.4) is 0 Å². The summed E-state index contributed by atoms with van der Waals surface area (Å²) in [7, 11) is 1.72. The first-order valence-electron chi connectivity index (χ1n) is 8.41. The van der Waals surface area contributed by atoms with Crippen LogP contribution in [0.4, 0.5) is 0 Å². The lowest BCUT2D eigenvalue weighted by atomic mass is 10.0. The molecule has 0 aromatic carbocycles. The van der Waals surface area contributed by atoms with Crippen molar-refractivity contribution in [2.24, 2.45) is 10.9 Å². The van der Waals surface area contributed by atoms with Gasteiger partial charge in [0.05, 0.1) is 6.61 Å². The summed E-state index contributed by atoms with van der Waals surface area (Å²) < 4.78 is 5.15. The Morgan fingerprint density at radius 3 is 2.86 bits per heavy atom. The van der Waals surface area contributed by atoms with Gasteiger partial charge < -0.3 is 20.3 Å². The van der Waals surface area contributed by atoms with Gasteiger partial charge in [0.1, 0.15) is 0 Å². The van der Waals surface area contributed by atoms with Crippen LogP contribution in [0.25, 0.3) is 0 Å². The Morgan fingerprint density at radius 2 is 2.23 bits per heavy atom. The fourth-order valence-corrected chi connectivity index (χ4v) is 2.82. The van der Waals surface area contributed by atoms with Crippen LogP contribution < -0.4 is 10.6 Å². The molecule has 2 atom stereocenters. The molecule has 0 aromatic rings. The van der Waals surface area contributed by atoms with E-state index in [2.05, 4.69) is 41.3 Å². The van der Waals surface area contributed by atoms with Crippen molar-refractivity contribution in [3.8, 4) is 0 Å². The van der Waals surface area contributed by atoms with E-state index in [0.29, 0.717) is 6.61 Å². The number of halogens is 1. The Balaban J connectivity index is 0.00000441. The van der Waals surface area contributed by atoms with Gasteiger partial charge in [0, 0.05) is 32.8 Å². The second-order valence-electron chi connectivity index (χ2n) is 6.16. The molecule has 22 heavy (non-hydrogen) atoms. The predicted octanol–water partition coefficient (Wildman–Crippen LogP) is 2.32. The summed E-state index contributed by atoms with van der Waals surface area (Å²) in [6, 6.07) is 0.274. The number of likely N-dealkylation sites (tertiary alicyclic amines) is 1. The SMILES string of the molecule is CCNC(=NCCCN1CCCC(C)C1)NC(C)COC.I. The zero-order valence-electron chi connectivity index (χ0n) is 14.7. The van der Waals surface area contributed by atoms with Crippen molar-refractivity contribution in [1.82, 2.24) is 15.5 Å². The largest absolute Gasteiger partial charge is 0.383 e. The minimum absolute atomic E-state index is 0. The monoisotopic (exact) mass is 426 g/mol. The molecule has 0 amide bonds. The normalized spacial score (nSPS) is 21.1. The van der Waals surface area contributed by atoms with E-state index in [1.165, 1.54) is 32.5 Å². The van der Waals surface area contributed by atoms with Crippen LogP contribution in [0.15, 0.2) is 4.99 Å². The van der Waals surface area contributed by atoms with Crippen LogP contribution in [-0.4, -0.2) is 63.3 Å². The van der Waals surface area contributed by atoms with Gasteiger partial charge in [-0.25, -0.2) is 0 Å². The number of nitrogens with zero attached hydrogens (tertiary/aromatic N) is 2. The maximum atomic E-state index is 5.15. The molecule has 5 nitrogen and oxygen atoms in total. The van der Waals surface area contributed by atoms with Crippen LogP contribution in [-0.2, 0) is 4.74 Å². The molecule has 0 spiro atoms. The molecule has 132 valence electrons. The molecule has 6 heteroatoms. The minimum Gasteiger partial charge on any atom is -0.383 e. The number of methoxy groups -OCH3 is 1. The van der Waals surface area contributed by atoms with Crippen molar-refractivity contribution in [1.29, 1.82) is 0 Å². The first-order chi connectivity index (χ1) is 10.2. The minimum atomic E-state index is 0. The number of piperidine rings is 1. The van der Waals surface area contributed by atoms with Gasteiger partial charge in [0.25, 0.3) is 0 Å².